The van der Waals surface area contributed by atoms with Gasteiger partial charge in [0.05, 0.1) is 10.7 Å². The number of nitrogens with zero attached hydrogens (tertiary/aromatic N) is 4. The maximum atomic E-state index is 12.3. The number of nitro groups is 1. The van der Waals surface area contributed by atoms with Gasteiger partial charge in [-0.25, -0.2) is 0 Å². The number of aryl methyl sites for hydroxylation is 3. The molecule has 3 aromatic rings. The number of nitro benzene ring substituents is 1. The lowest BCUT2D eigenvalue weighted by Crippen LogP contribution is -2.15. The lowest BCUT2D eigenvalue weighted by Gasteiger charge is -2.09. The van der Waals surface area contributed by atoms with Crippen LogP contribution in [0.25, 0.3) is 0 Å². The third kappa shape index (κ3) is 5.60. The Bertz CT molecular complexity index is 1130. The number of hydrogen-bond donors (Lipinski definition) is 1. The molecule has 0 atom stereocenters. The highest BCUT2D eigenvalue weighted by Crippen LogP contribution is 2.24. The van der Waals surface area contributed by atoms with Gasteiger partial charge in [0.15, 0.2) is 11.0 Å². The smallest absolute Gasteiger partial charge is 0.274 e. The fourth-order valence-corrected chi connectivity index (χ4v) is 3.64. The molecule has 10 heteroatoms. The van der Waals surface area contributed by atoms with E-state index in [0.29, 0.717) is 22.2 Å². The zero-order chi connectivity index (χ0) is 22.5. The summed E-state index contributed by atoms with van der Waals surface area (Å²) in [6.45, 7) is 5.92. The molecular weight excluding hydrogens is 418 g/mol. The molecule has 0 saturated heterocycles. The maximum absolute atomic E-state index is 12.3. The topological polar surface area (TPSA) is 112 Å². The standard InChI is InChI=1S/C21H23N5O4S/c1-13-5-8-18(15(3)9-13)30-11-19-23-24-21(25(19)4)31-12-20(27)22-16-7-6-14(2)17(10-16)26(28)29/h5-10H,11-12H2,1-4H3,(H,22,27). The van der Waals surface area contributed by atoms with Crippen molar-refractivity contribution < 1.29 is 14.5 Å². The number of nitrogens with one attached hydrogen (secondary N) is 1. The monoisotopic (exact) mass is 441 g/mol. The number of anilines is 1. The highest BCUT2D eigenvalue weighted by molar-refractivity contribution is 7.99. The zero-order valence-corrected chi connectivity index (χ0v) is 18.5. The summed E-state index contributed by atoms with van der Waals surface area (Å²) in [6, 6.07) is 10.6. The van der Waals surface area contributed by atoms with E-state index in [-0.39, 0.29) is 24.0 Å². The van der Waals surface area contributed by atoms with Crippen molar-refractivity contribution in [3.8, 4) is 5.75 Å². The van der Waals surface area contributed by atoms with Crippen molar-refractivity contribution in [2.45, 2.75) is 32.5 Å². The maximum Gasteiger partial charge on any atom is 0.274 e. The summed E-state index contributed by atoms with van der Waals surface area (Å²) >= 11 is 1.22. The summed E-state index contributed by atoms with van der Waals surface area (Å²) in [5.41, 5.74) is 3.09. The van der Waals surface area contributed by atoms with Crippen molar-refractivity contribution in [2.75, 3.05) is 11.1 Å². The van der Waals surface area contributed by atoms with Crippen molar-refractivity contribution in [1.82, 2.24) is 14.8 Å². The minimum absolute atomic E-state index is 0.0350. The highest BCUT2D eigenvalue weighted by atomic mass is 32.2. The second kappa shape index (κ2) is 9.61. The van der Waals surface area contributed by atoms with Gasteiger partial charge in [-0.3, -0.25) is 14.9 Å². The lowest BCUT2D eigenvalue weighted by atomic mass is 10.1. The van der Waals surface area contributed by atoms with Gasteiger partial charge in [-0.2, -0.15) is 0 Å². The van der Waals surface area contributed by atoms with Gasteiger partial charge in [0.1, 0.15) is 12.4 Å². The van der Waals surface area contributed by atoms with Crippen molar-refractivity contribution >= 4 is 29.0 Å². The minimum atomic E-state index is -0.471. The molecule has 1 aromatic heterocycles. The molecule has 2 aromatic carbocycles. The molecule has 9 nitrogen and oxygen atoms in total. The quantitative estimate of drug-likeness (QED) is 0.320. The molecule has 162 valence electrons. The van der Waals surface area contributed by atoms with Crippen LogP contribution in [0, 0.1) is 30.9 Å². The van der Waals surface area contributed by atoms with Gasteiger partial charge >= 0.3 is 0 Å². The number of rotatable bonds is 8. The van der Waals surface area contributed by atoms with Crippen molar-refractivity contribution in [1.29, 1.82) is 0 Å². The van der Waals surface area contributed by atoms with Crippen LogP contribution in [-0.4, -0.2) is 31.3 Å². The number of carbonyl (C=O) groups excluding carboxylic acids is 1. The van der Waals surface area contributed by atoms with Gasteiger partial charge in [-0.15, -0.1) is 10.2 Å². The lowest BCUT2D eigenvalue weighted by molar-refractivity contribution is -0.385. The molecule has 1 heterocycles. The second-order valence-corrected chi connectivity index (χ2v) is 8.05. The normalized spacial score (nSPS) is 10.7. The molecule has 0 unspecified atom stereocenters. The first-order chi connectivity index (χ1) is 14.7. The van der Waals surface area contributed by atoms with Crippen LogP contribution >= 0.6 is 11.8 Å². The number of thioether (sulfide) groups is 1. The van der Waals surface area contributed by atoms with Crippen LogP contribution in [0.5, 0.6) is 5.75 Å². The van der Waals surface area contributed by atoms with Gasteiger partial charge in [0, 0.05) is 24.4 Å². The predicted molar refractivity (Wildman–Crippen MR) is 118 cm³/mol. The first-order valence-corrected chi connectivity index (χ1v) is 10.5. The minimum Gasteiger partial charge on any atom is -0.485 e. The molecule has 0 saturated carbocycles. The molecule has 0 aliphatic rings. The fraction of sp³-hybridized carbons (Fsp3) is 0.286. The van der Waals surface area contributed by atoms with E-state index in [1.54, 1.807) is 23.6 Å². The van der Waals surface area contributed by atoms with E-state index in [4.69, 9.17) is 4.74 Å². The first kappa shape index (κ1) is 22.3. The summed E-state index contributed by atoms with van der Waals surface area (Å²) < 4.78 is 7.63. The molecule has 0 aliphatic heterocycles. The molecule has 0 spiro atoms. The number of ether oxygens (including phenoxy) is 1. The average molecular weight is 442 g/mol. The summed E-state index contributed by atoms with van der Waals surface area (Å²) in [6.07, 6.45) is 0. The van der Waals surface area contributed by atoms with Crippen LogP contribution in [-0.2, 0) is 18.4 Å². The van der Waals surface area contributed by atoms with Gasteiger partial charge in [-0.1, -0.05) is 35.5 Å². The zero-order valence-electron chi connectivity index (χ0n) is 17.7. The van der Waals surface area contributed by atoms with Crippen LogP contribution in [0.4, 0.5) is 11.4 Å². The molecule has 3 rings (SSSR count). The van der Waals surface area contributed by atoms with Crippen molar-refractivity contribution in [3.05, 3.63) is 69.0 Å². The Hall–Kier alpha value is -3.40. The summed E-state index contributed by atoms with van der Waals surface area (Å²) in [4.78, 5) is 22.8. The van der Waals surface area contributed by atoms with E-state index in [2.05, 4.69) is 21.6 Å². The van der Waals surface area contributed by atoms with Crippen LogP contribution in [0.3, 0.4) is 0 Å². The second-order valence-electron chi connectivity index (χ2n) is 7.11. The number of benzene rings is 2. The average Bonchev–Trinajstić information content (AvgIpc) is 3.06. The SMILES string of the molecule is Cc1ccc(OCc2nnc(SCC(=O)Nc3ccc(C)c([N+](=O)[O-])c3)n2C)c(C)c1. The Balaban J connectivity index is 1.56. The number of aromatic nitrogens is 3. The van der Waals surface area contributed by atoms with Crippen LogP contribution < -0.4 is 10.1 Å². The molecule has 0 fully saturated rings. The van der Waals surface area contributed by atoms with Gasteiger partial charge < -0.3 is 14.6 Å². The Labute approximate surface area is 184 Å². The Kier molecular flexibility index (Phi) is 6.91. The van der Waals surface area contributed by atoms with E-state index in [9.17, 15) is 14.9 Å². The van der Waals surface area contributed by atoms with Crippen LogP contribution in [0.2, 0.25) is 0 Å². The summed E-state index contributed by atoms with van der Waals surface area (Å²) in [5.74, 6) is 1.22. The molecule has 0 radical (unpaired) electrons. The predicted octanol–water partition coefficient (Wildman–Crippen LogP) is 3.96. The fourth-order valence-electron chi connectivity index (χ4n) is 2.91. The Morgan fingerprint density at radius 1 is 1.16 bits per heavy atom. The molecule has 1 N–H and O–H groups in total. The Morgan fingerprint density at radius 3 is 2.65 bits per heavy atom. The van der Waals surface area contributed by atoms with E-state index >= 15 is 0 Å². The van der Waals surface area contributed by atoms with Crippen LogP contribution in [0.15, 0.2) is 41.6 Å². The van der Waals surface area contributed by atoms with Crippen molar-refractivity contribution in [3.63, 3.8) is 0 Å². The van der Waals surface area contributed by atoms with E-state index in [0.717, 1.165) is 11.3 Å². The van der Waals surface area contributed by atoms with E-state index in [1.165, 1.54) is 23.4 Å². The number of amides is 1. The molecule has 0 bridgehead atoms. The van der Waals surface area contributed by atoms with E-state index in [1.807, 2.05) is 33.0 Å². The largest absolute Gasteiger partial charge is 0.485 e. The van der Waals surface area contributed by atoms with Crippen LogP contribution in [0.1, 0.15) is 22.5 Å². The first-order valence-electron chi connectivity index (χ1n) is 9.50. The molecular formula is C21H23N5O4S. The highest BCUT2D eigenvalue weighted by Gasteiger charge is 2.15. The van der Waals surface area contributed by atoms with Crippen molar-refractivity contribution in [2.24, 2.45) is 7.05 Å². The summed E-state index contributed by atoms with van der Waals surface area (Å²) in [7, 11) is 1.81. The Morgan fingerprint density at radius 2 is 1.94 bits per heavy atom. The summed E-state index contributed by atoms with van der Waals surface area (Å²) in [5, 5.41) is 22.6. The molecule has 31 heavy (non-hydrogen) atoms. The number of hydrogen-bond acceptors (Lipinski definition) is 7. The van der Waals surface area contributed by atoms with E-state index < -0.39 is 4.92 Å². The van der Waals surface area contributed by atoms with Gasteiger partial charge in [0.25, 0.3) is 5.69 Å². The molecule has 0 aliphatic carbocycles. The number of carbonyl (C=O) groups is 1. The van der Waals surface area contributed by atoms with Gasteiger partial charge in [-0.05, 0) is 38.5 Å². The molecule has 1 amide bonds. The third-order valence-electron chi connectivity index (χ3n) is 4.63. The third-order valence-corrected chi connectivity index (χ3v) is 5.65. The van der Waals surface area contributed by atoms with Gasteiger partial charge in [0.2, 0.25) is 5.91 Å².